The molecule has 5 nitrogen and oxygen atoms in total. The van der Waals surface area contributed by atoms with Crippen LogP contribution < -0.4 is 15.4 Å². The number of para-hydroxylation sites is 2. The van der Waals surface area contributed by atoms with E-state index in [0.29, 0.717) is 6.42 Å². The summed E-state index contributed by atoms with van der Waals surface area (Å²) in [6.07, 6.45) is 0.571. The number of hydrogen-bond acceptors (Lipinski definition) is 3. The van der Waals surface area contributed by atoms with Crippen LogP contribution in [0.25, 0.3) is 0 Å². The lowest BCUT2D eigenvalue weighted by molar-refractivity contribution is -0.145. The number of amides is 2. The van der Waals surface area contributed by atoms with Crippen LogP contribution in [0.4, 0.5) is 5.69 Å². The molecule has 0 spiro atoms. The highest BCUT2D eigenvalue weighted by molar-refractivity contribution is 6.08. The van der Waals surface area contributed by atoms with E-state index in [1.165, 1.54) is 0 Å². The van der Waals surface area contributed by atoms with Crippen molar-refractivity contribution in [1.29, 1.82) is 0 Å². The number of carbonyl (C=O) groups is 2. The van der Waals surface area contributed by atoms with Gasteiger partial charge in [0, 0.05) is 18.0 Å². The van der Waals surface area contributed by atoms with Crippen LogP contribution in [0.1, 0.15) is 30.4 Å². The van der Waals surface area contributed by atoms with Gasteiger partial charge in [0.15, 0.2) is 5.72 Å². The van der Waals surface area contributed by atoms with Crippen molar-refractivity contribution in [2.45, 2.75) is 31.9 Å². The van der Waals surface area contributed by atoms with E-state index in [-0.39, 0.29) is 17.7 Å². The molecule has 0 radical (unpaired) electrons. The molecule has 0 saturated carbocycles. The minimum absolute atomic E-state index is 0.201. The van der Waals surface area contributed by atoms with Crippen molar-refractivity contribution >= 4 is 17.5 Å². The van der Waals surface area contributed by atoms with Gasteiger partial charge in [-0.25, -0.2) is 0 Å². The molecular weight excluding hydrogens is 316 g/mol. The normalized spacial score (nSPS) is 26.9. The van der Waals surface area contributed by atoms with E-state index < -0.39 is 11.6 Å². The molecule has 1 saturated heterocycles. The van der Waals surface area contributed by atoms with Crippen molar-refractivity contribution < 1.29 is 14.3 Å². The van der Waals surface area contributed by atoms with Crippen LogP contribution in [-0.4, -0.2) is 17.5 Å². The summed E-state index contributed by atoms with van der Waals surface area (Å²) in [5, 5.41) is 5.79. The second kappa shape index (κ2) is 5.62. The molecule has 2 aromatic carbocycles. The van der Waals surface area contributed by atoms with E-state index in [2.05, 4.69) is 10.6 Å². The minimum atomic E-state index is -0.780. The number of benzene rings is 2. The van der Waals surface area contributed by atoms with E-state index >= 15 is 0 Å². The first-order valence-electron chi connectivity index (χ1n) is 8.43. The summed E-state index contributed by atoms with van der Waals surface area (Å²) in [5.41, 5.74) is 1.84. The number of fused-ring (bicyclic) bond motifs is 4. The molecule has 1 fully saturated rings. The molecule has 4 rings (SSSR count). The number of carbonyl (C=O) groups excluding carboxylic acids is 2. The van der Waals surface area contributed by atoms with Gasteiger partial charge in [-0.3, -0.25) is 9.59 Å². The molecule has 2 N–H and O–H groups in total. The van der Waals surface area contributed by atoms with Crippen molar-refractivity contribution in [1.82, 2.24) is 5.32 Å². The van der Waals surface area contributed by atoms with Gasteiger partial charge in [0.25, 0.3) is 0 Å². The van der Waals surface area contributed by atoms with Crippen LogP contribution >= 0.6 is 0 Å². The number of ether oxygens (including phenoxy) is 1. The van der Waals surface area contributed by atoms with Gasteiger partial charge in [-0.15, -0.1) is 0 Å². The summed E-state index contributed by atoms with van der Waals surface area (Å²) < 4.78 is 5.96. The fraction of sp³-hybridized carbons (Fsp3) is 0.300. The number of anilines is 1. The highest BCUT2D eigenvalue weighted by Crippen LogP contribution is 2.46. The fourth-order valence-corrected chi connectivity index (χ4v) is 3.81. The molecule has 2 aromatic rings. The van der Waals surface area contributed by atoms with Gasteiger partial charge in [-0.2, -0.15) is 0 Å². The summed E-state index contributed by atoms with van der Waals surface area (Å²) in [5.74, 6) is -0.824. The zero-order valence-electron chi connectivity index (χ0n) is 14.2. The van der Waals surface area contributed by atoms with Gasteiger partial charge in [0.1, 0.15) is 11.7 Å². The molecular formula is C20H20N2O3. The van der Waals surface area contributed by atoms with Gasteiger partial charge in [-0.1, -0.05) is 36.4 Å². The Labute approximate surface area is 146 Å². The topological polar surface area (TPSA) is 67.4 Å². The number of rotatable bonds is 2. The molecule has 2 aliphatic heterocycles. The molecule has 2 aliphatic rings. The third-order valence-electron chi connectivity index (χ3n) is 5.02. The number of piperidine rings is 1. The predicted octanol–water partition coefficient (Wildman–Crippen LogP) is 2.96. The number of hydrogen-bond donors (Lipinski definition) is 2. The summed E-state index contributed by atoms with van der Waals surface area (Å²) in [6.45, 7) is 3.78. The molecule has 25 heavy (non-hydrogen) atoms. The lowest BCUT2D eigenvalue weighted by Crippen LogP contribution is -2.62. The Bertz CT molecular complexity index is 864. The third-order valence-corrected chi connectivity index (χ3v) is 5.02. The van der Waals surface area contributed by atoms with E-state index in [9.17, 15) is 9.59 Å². The Morgan fingerprint density at radius 2 is 1.92 bits per heavy atom. The minimum Gasteiger partial charge on any atom is -0.468 e. The van der Waals surface area contributed by atoms with E-state index in [0.717, 1.165) is 22.6 Å². The predicted molar refractivity (Wildman–Crippen MR) is 94.3 cm³/mol. The average molecular weight is 336 g/mol. The fourth-order valence-electron chi connectivity index (χ4n) is 3.81. The van der Waals surface area contributed by atoms with Crippen LogP contribution in [0.3, 0.4) is 0 Å². The smallest absolute Gasteiger partial charge is 0.237 e. The van der Waals surface area contributed by atoms with Crippen LogP contribution in [0.2, 0.25) is 0 Å². The lowest BCUT2D eigenvalue weighted by Gasteiger charge is -2.46. The van der Waals surface area contributed by atoms with Gasteiger partial charge < -0.3 is 15.4 Å². The van der Waals surface area contributed by atoms with E-state index in [1.807, 2.05) is 62.4 Å². The first-order chi connectivity index (χ1) is 12.0. The lowest BCUT2D eigenvalue weighted by atomic mass is 9.74. The second-order valence-electron chi connectivity index (χ2n) is 6.95. The molecule has 0 unspecified atom stereocenters. The summed E-state index contributed by atoms with van der Waals surface area (Å²) in [4.78, 5) is 25.6. The molecule has 5 heteroatoms. The van der Waals surface area contributed by atoms with Crippen molar-refractivity contribution in [3.8, 4) is 5.75 Å². The molecule has 2 amide bonds. The highest BCUT2D eigenvalue weighted by atomic mass is 16.5. The average Bonchev–Trinajstić information content (AvgIpc) is 2.56. The standard InChI is InChI=1S/C20H20N2O3/c1-12-7-3-5-9-15(12)21-18(23)17-14-11-20(2,22-19(17)24)25-16-10-6-4-8-13(14)16/h3-10,14,17H,11H2,1-2H3,(H,21,23)(H,22,24)/t14-,17+,20-/m1/s1. The number of aryl methyl sites for hydroxylation is 1. The monoisotopic (exact) mass is 336 g/mol. The summed E-state index contributed by atoms with van der Waals surface area (Å²) in [7, 11) is 0. The van der Waals surface area contributed by atoms with Gasteiger partial charge >= 0.3 is 0 Å². The molecule has 0 aliphatic carbocycles. The largest absolute Gasteiger partial charge is 0.468 e. The molecule has 2 heterocycles. The Balaban J connectivity index is 1.69. The quantitative estimate of drug-likeness (QED) is 0.829. The molecule has 0 aromatic heterocycles. The highest BCUT2D eigenvalue weighted by Gasteiger charge is 2.51. The Morgan fingerprint density at radius 1 is 1.20 bits per heavy atom. The maximum atomic E-state index is 12.9. The Hall–Kier alpha value is -2.82. The maximum Gasteiger partial charge on any atom is 0.237 e. The summed E-state index contributed by atoms with van der Waals surface area (Å²) >= 11 is 0. The van der Waals surface area contributed by atoms with E-state index in [1.54, 1.807) is 0 Å². The molecule has 2 bridgehead atoms. The van der Waals surface area contributed by atoms with Crippen molar-refractivity contribution in [2.24, 2.45) is 5.92 Å². The first kappa shape index (κ1) is 15.7. The van der Waals surface area contributed by atoms with E-state index in [4.69, 9.17) is 4.74 Å². The SMILES string of the molecule is Cc1ccccc1NC(=O)[C@H]1C(=O)N[C@@]2(C)C[C@@H]1c1ccccc1O2. The van der Waals surface area contributed by atoms with Crippen LogP contribution in [0, 0.1) is 12.8 Å². The Kier molecular flexibility index (Phi) is 3.53. The number of nitrogens with one attached hydrogen (secondary N) is 2. The van der Waals surface area contributed by atoms with Crippen LogP contribution in [0.5, 0.6) is 5.75 Å². The van der Waals surface area contributed by atoms with Crippen molar-refractivity contribution in [2.75, 3.05) is 5.32 Å². The van der Waals surface area contributed by atoms with Crippen molar-refractivity contribution in [3.63, 3.8) is 0 Å². The zero-order valence-corrected chi connectivity index (χ0v) is 14.2. The zero-order chi connectivity index (χ0) is 17.6. The molecule has 128 valence electrons. The van der Waals surface area contributed by atoms with Gasteiger partial charge in [0.2, 0.25) is 11.8 Å². The van der Waals surface area contributed by atoms with Crippen molar-refractivity contribution in [3.05, 3.63) is 59.7 Å². The van der Waals surface area contributed by atoms with Gasteiger partial charge in [0.05, 0.1) is 0 Å². The third kappa shape index (κ3) is 2.65. The van der Waals surface area contributed by atoms with Gasteiger partial charge in [-0.05, 0) is 37.1 Å². The second-order valence-corrected chi connectivity index (χ2v) is 6.95. The van der Waals surface area contributed by atoms with Crippen LogP contribution in [0.15, 0.2) is 48.5 Å². The van der Waals surface area contributed by atoms with Crippen LogP contribution in [-0.2, 0) is 9.59 Å². The maximum absolute atomic E-state index is 12.9. The molecule has 3 atom stereocenters. The Morgan fingerprint density at radius 3 is 2.72 bits per heavy atom. The first-order valence-corrected chi connectivity index (χ1v) is 8.43. The summed E-state index contributed by atoms with van der Waals surface area (Å²) in [6, 6.07) is 15.2.